The highest BCUT2D eigenvalue weighted by Crippen LogP contribution is 2.24. The number of rotatable bonds is 7. The molecule has 2 rings (SSSR count). The van der Waals surface area contributed by atoms with Crippen LogP contribution in [0.3, 0.4) is 0 Å². The van der Waals surface area contributed by atoms with Crippen LogP contribution in [0.1, 0.15) is 30.9 Å². The molecule has 0 fully saturated rings. The Balaban J connectivity index is 1.73. The summed E-state index contributed by atoms with van der Waals surface area (Å²) in [5.74, 6) is 0.156. The van der Waals surface area contributed by atoms with Crippen LogP contribution in [0, 0.1) is 5.92 Å². The van der Waals surface area contributed by atoms with Crippen molar-refractivity contribution < 1.29 is 14.7 Å². The lowest BCUT2D eigenvalue weighted by atomic mass is 10.0. The van der Waals surface area contributed by atoms with Crippen LogP contribution in [0.25, 0.3) is 0 Å². The number of hydrogen-bond donors (Lipinski definition) is 3. The van der Waals surface area contributed by atoms with E-state index >= 15 is 0 Å². The number of carbonyl (C=O) groups is 2. The van der Waals surface area contributed by atoms with E-state index in [2.05, 4.69) is 10.6 Å². The van der Waals surface area contributed by atoms with Crippen molar-refractivity contribution in [1.82, 2.24) is 5.32 Å². The Kier molecular flexibility index (Phi) is 5.33. The third-order valence-corrected chi connectivity index (χ3v) is 3.62. The molecule has 3 N–H and O–H groups in total. The number of aliphatic hydroxyl groups is 1. The van der Waals surface area contributed by atoms with Crippen molar-refractivity contribution in [3.05, 3.63) is 29.3 Å². The number of aliphatic hydroxyl groups excluding tert-OH is 1. The molecule has 1 heterocycles. The quantitative estimate of drug-likeness (QED) is 0.707. The van der Waals surface area contributed by atoms with Crippen molar-refractivity contribution in [1.29, 1.82) is 0 Å². The Morgan fingerprint density at radius 3 is 3.05 bits per heavy atom. The van der Waals surface area contributed by atoms with Crippen molar-refractivity contribution in [3.63, 3.8) is 0 Å². The molecule has 5 heteroatoms. The van der Waals surface area contributed by atoms with Gasteiger partial charge in [0.1, 0.15) is 0 Å². The summed E-state index contributed by atoms with van der Waals surface area (Å²) in [5.41, 5.74) is 3.10. The molecule has 0 spiro atoms. The van der Waals surface area contributed by atoms with Gasteiger partial charge in [-0.2, -0.15) is 0 Å². The maximum absolute atomic E-state index is 11.6. The lowest BCUT2D eigenvalue weighted by molar-refractivity contribution is -0.121. The first-order valence-electron chi connectivity index (χ1n) is 7.37. The number of hydrogen-bond acceptors (Lipinski definition) is 3. The molecule has 0 aromatic heterocycles. The number of fused-ring (bicyclic) bond motifs is 1. The Morgan fingerprint density at radius 2 is 2.29 bits per heavy atom. The van der Waals surface area contributed by atoms with Gasteiger partial charge in [0.2, 0.25) is 11.8 Å². The van der Waals surface area contributed by atoms with Gasteiger partial charge in [-0.3, -0.25) is 9.59 Å². The summed E-state index contributed by atoms with van der Waals surface area (Å²) >= 11 is 0. The molecule has 1 aliphatic heterocycles. The second-order valence-corrected chi connectivity index (χ2v) is 5.66. The first-order chi connectivity index (χ1) is 10.1. The first kappa shape index (κ1) is 15.5. The van der Waals surface area contributed by atoms with Crippen LogP contribution in [0.4, 0.5) is 5.69 Å². The third kappa shape index (κ3) is 4.56. The lowest BCUT2D eigenvalue weighted by Gasteiger charge is -2.09. The minimum atomic E-state index is 0.0216. The van der Waals surface area contributed by atoms with Crippen LogP contribution in [-0.2, 0) is 22.4 Å². The fourth-order valence-electron chi connectivity index (χ4n) is 2.33. The Bertz CT molecular complexity index is 528. The normalized spacial score (nSPS) is 14.5. The zero-order chi connectivity index (χ0) is 15.2. The molecule has 1 atom stereocenters. The largest absolute Gasteiger partial charge is 0.396 e. The minimum Gasteiger partial charge on any atom is -0.396 e. The van der Waals surface area contributed by atoms with Crippen LogP contribution in [0.5, 0.6) is 0 Å². The van der Waals surface area contributed by atoms with E-state index in [0.29, 0.717) is 19.4 Å². The predicted octanol–water partition coefficient (Wildman–Crippen LogP) is 1.25. The van der Waals surface area contributed by atoms with Gasteiger partial charge in [0.15, 0.2) is 0 Å². The molecule has 0 saturated carbocycles. The predicted molar refractivity (Wildman–Crippen MR) is 81.0 cm³/mol. The molecular formula is C16H22N2O3. The van der Waals surface area contributed by atoms with Gasteiger partial charge in [-0.15, -0.1) is 0 Å². The van der Waals surface area contributed by atoms with Gasteiger partial charge in [0.05, 0.1) is 6.42 Å². The highest BCUT2D eigenvalue weighted by atomic mass is 16.3. The van der Waals surface area contributed by atoms with Crippen LogP contribution in [0.2, 0.25) is 0 Å². The second-order valence-electron chi connectivity index (χ2n) is 5.66. The Hall–Kier alpha value is -1.88. The zero-order valence-electron chi connectivity index (χ0n) is 12.3. The number of benzene rings is 1. The first-order valence-corrected chi connectivity index (χ1v) is 7.37. The standard InChI is InChI=1S/C16H22N2O3/c1-11(10-19)9-17-15(20)4-2-3-12-5-6-14-13(7-12)8-16(21)18-14/h5-7,11,19H,2-4,8-10H2,1H3,(H,17,20)(H,18,21). The summed E-state index contributed by atoms with van der Waals surface area (Å²) in [5, 5.41) is 14.5. The van der Waals surface area contributed by atoms with Crippen molar-refractivity contribution in [2.75, 3.05) is 18.5 Å². The van der Waals surface area contributed by atoms with Crippen LogP contribution in [0.15, 0.2) is 18.2 Å². The Labute approximate surface area is 124 Å². The van der Waals surface area contributed by atoms with E-state index in [1.54, 1.807) is 0 Å². The summed E-state index contributed by atoms with van der Waals surface area (Å²) in [6, 6.07) is 5.97. The maximum Gasteiger partial charge on any atom is 0.228 e. The third-order valence-electron chi connectivity index (χ3n) is 3.62. The molecule has 1 aromatic carbocycles. The highest BCUT2D eigenvalue weighted by molar-refractivity contribution is 5.99. The molecule has 1 aromatic rings. The molecule has 2 amide bonds. The molecule has 1 aliphatic rings. The van der Waals surface area contributed by atoms with Gasteiger partial charge in [0.25, 0.3) is 0 Å². The fourth-order valence-corrected chi connectivity index (χ4v) is 2.33. The van der Waals surface area contributed by atoms with E-state index in [0.717, 1.165) is 29.7 Å². The van der Waals surface area contributed by atoms with E-state index in [9.17, 15) is 9.59 Å². The molecule has 0 saturated heterocycles. The summed E-state index contributed by atoms with van der Waals surface area (Å²) in [6.07, 6.45) is 2.53. The molecule has 21 heavy (non-hydrogen) atoms. The van der Waals surface area contributed by atoms with Crippen molar-refractivity contribution in [3.8, 4) is 0 Å². The molecule has 0 radical (unpaired) electrons. The summed E-state index contributed by atoms with van der Waals surface area (Å²) in [4.78, 5) is 22.9. The van der Waals surface area contributed by atoms with Crippen LogP contribution < -0.4 is 10.6 Å². The van der Waals surface area contributed by atoms with E-state index < -0.39 is 0 Å². The van der Waals surface area contributed by atoms with Gasteiger partial charge in [0, 0.05) is 25.3 Å². The number of amides is 2. The summed E-state index contributed by atoms with van der Waals surface area (Å²) in [6.45, 7) is 2.49. The minimum absolute atomic E-state index is 0.0216. The SMILES string of the molecule is CC(CO)CNC(=O)CCCc1ccc2c(c1)CC(=O)N2. The lowest BCUT2D eigenvalue weighted by Crippen LogP contribution is -2.29. The molecule has 0 aliphatic carbocycles. The average Bonchev–Trinajstić information content (AvgIpc) is 2.84. The van der Waals surface area contributed by atoms with Gasteiger partial charge >= 0.3 is 0 Å². The number of aryl methyl sites for hydroxylation is 1. The smallest absolute Gasteiger partial charge is 0.228 e. The molecule has 5 nitrogen and oxygen atoms in total. The van der Waals surface area contributed by atoms with Crippen LogP contribution >= 0.6 is 0 Å². The van der Waals surface area contributed by atoms with Crippen molar-refractivity contribution in [2.24, 2.45) is 5.92 Å². The van der Waals surface area contributed by atoms with E-state index in [4.69, 9.17) is 5.11 Å². The van der Waals surface area contributed by atoms with E-state index in [-0.39, 0.29) is 24.3 Å². The molecule has 0 bridgehead atoms. The highest BCUT2D eigenvalue weighted by Gasteiger charge is 2.17. The van der Waals surface area contributed by atoms with Crippen molar-refractivity contribution in [2.45, 2.75) is 32.6 Å². The van der Waals surface area contributed by atoms with Crippen LogP contribution in [-0.4, -0.2) is 30.1 Å². The van der Waals surface area contributed by atoms with Gasteiger partial charge in [-0.1, -0.05) is 19.1 Å². The van der Waals surface area contributed by atoms with Gasteiger partial charge in [-0.05, 0) is 36.0 Å². The van der Waals surface area contributed by atoms with Gasteiger partial charge in [-0.25, -0.2) is 0 Å². The van der Waals surface area contributed by atoms with E-state index in [1.807, 2.05) is 25.1 Å². The topological polar surface area (TPSA) is 78.4 Å². The summed E-state index contributed by atoms with van der Waals surface area (Å²) < 4.78 is 0. The molecule has 114 valence electrons. The zero-order valence-corrected chi connectivity index (χ0v) is 12.3. The van der Waals surface area contributed by atoms with Crippen molar-refractivity contribution >= 4 is 17.5 Å². The van der Waals surface area contributed by atoms with Gasteiger partial charge < -0.3 is 15.7 Å². The monoisotopic (exact) mass is 290 g/mol. The fraction of sp³-hybridized carbons (Fsp3) is 0.500. The second kappa shape index (κ2) is 7.22. The number of anilines is 1. The summed E-state index contributed by atoms with van der Waals surface area (Å²) in [7, 11) is 0. The Morgan fingerprint density at radius 1 is 1.48 bits per heavy atom. The molecule has 1 unspecified atom stereocenters. The maximum atomic E-state index is 11.6. The molecular weight excluding hydrogens is 268 g/mol. The number of nitrogens with one attached hydrogen (secondary N) is 2. The average molecular weight is 290 g/mol. The van der Waals surface area contributed by atoms with E-state index in [1.165, 1.54) is 0 Å². The number of carbonyl (C=O) groups excluding carboxylic acids is 2.